The standard InChI is InChI=1S/C10H10BrN3S/c1-14-9(6-15-10(14)13-12)7-3-2-4-8(11)5-7/h2-6H,12H2,1H3/b13-10+. The summed E-state index contributed by atoms with van der Waals surface area (Å²) in [4.78, 5) is 0.810. The van der Waals surface area contributed by atoms with E-state index < -0.39 is 0 Å². The molecule has 78 valence electrons. The van der Waals surface area contributed by atoms with Gasteiger partial charge in [0.05, 0.1) is 5.69 Å². The summed E-state index contributed by atoms with van der Waals surface area (Å²) in [6.07, 6.45) is 0. The van der Waals surface area contributed by atoms with E-state index in [9.17, 15) is 0 Å². The highest BCUT2D eigenvalue weighted by atomic mass is 79.9. The van der Waals surface area contributed by atoms with Crippen LogP contribution in [-0.2, 0) is 7.05 Å². The Morgan fingerprint density at radius 3 is 2.87 bits per heavy atom. The van der Waals surface area contributed by atoms with Crippen LogP contribution in [0.4, 0.5) is 0 Å². The van der Waals surface area contributed by atoms with Gasteiger partial charge in [-0.25, -0.2) is 0 Å². The highest BCUT2D eigenvalue weighted by molar-refractivity contribution is 9.10. The zero-order valence-corrected chi connectivity index (χ0v) is 10.5. The lowest BCUT2D eigenvalue weighted by Gasteiger charge is -2.02. The van der Waals surface area contributed by atoms with E-state index in [4.69, 9.17) is 5.84 Å². The average Bonchev–Trinajstić information content (AvgIpc) is 2.59. The van der Waals surface area contributed by atoms with E-state index in [1.54, 1.807) is 0 Å². The second-order valence-electron chi connectivity index (χ2n) is 3.10. The molecule has 2 aromatic rings. The number of halogens is 1. The first kappa shape index (κ1) is 10.4. The van der Waals surface area contributed by atoms with Gasteiger partial charge in [0.2, 0.25) is 4.80 Å². The molecule has 1 heterocycles. The van der Waals surface area contributed by atoms with Crippen molar-refractivity contribution in [2.45, 2.75) is 0 Å². The van der Waals surface area contributed by atoms with Gasteiger partial charge in [0.1, 0.15) is 0 Å². The van der Waals surface area contributed by atoms with Gasteiger partial charge < -0.3 is 10.4 Å². The van der Waals surface area contributed by atoms with Crippen molar-refractivity contribution in [3.63, 3.8) is 0 Å². The number of hydrogen-bond acceptors (Lipinski definition) is 3. The Morgan fingerprint density at radius 1 is 1.47 bits per heavy atom. The molecule has 0 aliphatic heterocycles. The number of aromatic nitrogens is 1. The average molecular weight is 284 g/mol. The van der Waals surface area contributed by atoms with E-state index in [0.29, 0.717) is 0 Å². The number of rotatable bonds is 1. The molecule has 2 rings (SSSR count). The van der Waals surface area contributed by atoms with Crippen LogP contribution >= 0.6 is 27.3 Å². The zero-order valence-electron chi connectivity index (χ0n) is 8.14. The van der Waals surface area contributed by atoms with Crippen LogP contribution in [0.5, 0.6) is 0 Å². The predicted octanol–water partition coefficient (Wildman–Crippen LogP) is 2.29. The van der Waals surface area contributed by atoms with Crippen molar-refractivity contribution < 1.29 is 0 Å². The summed E-state index contributed by atoms with van der Waals surface area (Å²) in [5.74, 6) is 5.28. The van der Waals surface area contributed by atoms with Gasteiger partial charge in [-0.05, 0) is 12.1 Å². The van der Waals surface area contributed by atoms with Crippen LogP contribution in [0.25, 0.3) is 11.3 Å². The summed E-state index contributed by atoms with van der Waals surface area (Å²) in [5, 5.41) is 5.76. The van der Waals surface area contributed by atoms with Crippen LogP contribution in [0.15, 0.2) is 39.2 Å². The van der Waals surface area contributed by atoms with Crippen molar-refractivity contribution in [3.8, 4) is 11.3 Å². The maximum absolute atomic E-state index is 5.28. The van der Waals surface area contributed by atoms with Crippen molar-refractivity contribution in [3.05, 3.63) is 38.9 Å². The maximum atomic E-state index is 5.28. The topological polar surface area (TPSA) is 43.3 Å². The molecule has 3 nitrogen and oxygen atoms in total. The largest absolute Gasteiger partial charge is 0.320 e. The van der Waals surface area contributed by atoms with Gasteiger partial charge in [0, 0.05) is 22.5 Å². The van der Waals surface area contributed by atoms with Crippen LogP contribution in [0.2, 0.25) is 0 Å². The summed E-state index contributed by atoms with van der Waals surface area (Å²) in [7, 11) is 1.96. The van der Waals surface area contributed by atoms with Crippen molar-refractivity contribution in [2.75, 3.05) is 0 Å². The fourth-order valence-electron chi connectivity index (χ4n) is 1.40. The molecule has 0 bridgehead atoms. The highest BCUT2D eigenvalue weighted by Gasteiger charge is 2.04. The monoisotopic (exact) mass is 283 g/mol. The predicted molar refractivity (Wildman–Crippen MR) is 66.2 cm³/mol. The summed E-state index contributed by atoms with van der Waals surface area (Å²) < 4.78 is 3.05. The smallest absolute Gasteiger partial charge is 0.207 e. The van der Waals surface area contributed by atoms with Gasteiger partial charge in [0.25, 0.3) is 0 Å². The van der Waals surface area contributed by atoms with Crippen LogP contribution in [0.3, 0.4) is 0 Å². The van der Waals surface area contributed by atoms with Gasteiger partial charge in [0.15, 0.2) is 0 Å². The number of nitrogens with zero attached hydrogens (tertiary/aromatic N) is 2. The van der Waals surface area contributed by atoms with Crippen LogP contribution in [0, 0.1) is 0 Å². The molecule has 1 aromatic heterocycles. The van der Waals surface area contributed by atoms with Crippen LogP contribution in [-0.4, -0.2) is 4.57 Å². The second-order valence-corrected chi connectivity index (χ2v) is 4.85. The molecule has 0 saturated carbocycles. The molecule has 1 aromatic carbocycles. The minimum Gasteiger partial charge on any atom is -0.320 e. The summed E-state index contributed by atoms with van der Waals surface area (Å²) in [6, 6.07) is 8.15. The third-order valence-electron chi connectivity index (χ3n) is 2.16. The molecule has 0 aliphatic rings. The molecule has 15 heavy (non-hydrogen) atoms. The molecule has 0 saturated heterocycles. The lowest BCUT2D eigenvalue weighted by Crippen LogP contribution is -2.13. The molecule has 0 radical (unpaired) electrons. The fraction of sp³-hybridized carbons (Fsp3) is 0.100. The van der Waals surface area contributed by atoms with Crippen LogP contribution in [0.1, 0.15) is 0 Å². The van der Waals surface area contributed by atoms with E-state index in [-0.39, 0.29) is 0 Å². The molecular weight excluding hydrogens is 274 g/mol. The minimum atomic E-state index is 0.810. The Labute approximate surface area is 100.0 Å². The molecule has 0 fully saturated rings. The van der Waals surface area contributed by atoms with E-state index >= 15 is 0 Å². The molecule has 0 unspecified atom stereocenters. The third-order valence-corrected chi connectivity index (χ3v) is 3.58. The van der Waals surface area contributed by atoms with Gasteiger partial charge in [-0.3, -0.25) is 0 Å². The molecule has 2 N–H and O–H groups in total. The Kier molecular flexibility index (Phi) is 2.93. The Balaban J connectivity index is 2.60. The Bertz CT molecular complexity index is 542. The maximum Gasteiger partial charge on any atom is 0.207 e. The zero-order chi connectivity index (χ0) is 10.8. The molecule has 0 atom stereocenters. The molecule has 0 spiro atoms. The molecule has 5 heteroatoms. The first-order valence-corrected chi connectivity index (χ1v) is 6.04. The first-order chi connectivity index (χ1) is 7.22. The number of nitrogens with two attached hydrogens (primary N) is 1. The molecule has 0 aliphatic carbocycles. The van der Waals surface area contributed by atoms with Crippen molar-refractivity contribution in [2.24, 2.45) is 18.0 Å². The van der Waals surface area contributed by atoms with Crippen LogP contribution < -0.4 is 10.6 Å². The van der Waals surface area contributed by atoms with Gasteiger partial charge in [-0.1, -0.05) is 28.1 Å². The SMILES string of the molecule is Cn1c(-c2cccc(Br)c2)cs/c1=N/N. The quantitative estimate of drug-likeness (QED) is 0.633. The number of hydrogen-bond donors (Lipinski definition) is 1. The van der Waals surface area contributed by atoms with Crippen molar-refractivity contribution in [1.82, 2.24) is 4.57 Å². The highest BCUT2D eigenvalue weighted by Crippen LogP contribution is 2.22. The number of benzene rings is 1. The van der Waals surface area contributed by atoms with E-state index in [1.165, 1.54) is 11.3 Å². The van der Waals surface area contributed by atoms with Crippen molar-refractivity contribution >= 4 is 27.3 Å². The van der Waals surface area contributed by atoms with Crippen molar-refractivity contribution in [1.29, 1.82) is 0 Å². The molecule has 0 amide bonds. The second kappa shape index (κ2) is 4.20. The lowest BCUT2D eigenvalue weighted by atomic mass is 10.2. The Hall–Kier alpha value is -1.07. The van der Waals surface area contributed by atoms with Gasteiger partial charge in [-0.2, -0.15) is 5.10 Å². The van der Waals surface area contributed by atoms with Gasteiger partial charge >= 0.3 is 0 Å². The normalized spacial score (nSPS) is 12.0. The lowest BCUT2D eigenvalue weighted by molar-refractivity contribution is 0.862. The Morgan fingerprint density at radius 2 is 2.27 bits per heavy atom. The molecular formula is C10H10BrN3S. The fourth-order valence-corrected chi connectivity index (χ4v) is 2.62. The van der Waals surface area contributed by atoms with Gasteiger partial charge in [-0.15, -0.1) is 11.3 Å². The van der Waals surface area contributed by atoms with E-state index in [1.807, 2.05) is 29.1 Å². The summed E-state index contributed by atoms with van der Waals surface area (Å²) in [5.41, 5.74) is 2.27. The van der Waals surface area contributed by atoms with E-state index in [2.05, 4.69) is 33.2 Å². The third kappa shape index (κ3) is 1.98. The van der Waals surface area contributed by atoms with E-state index in [0.717, 1.165) is 20.5 Å². The summed E-state index contributed by atoms with van der Waals surface area (Å²) >= 11 is 4.99. The summed E-state index contributed by atoms with van der Waals surface area (Å²) in [6.45, 7) is 0. The number of thiazole rings is 1. The minimum absolute atomic E-state index is 0.810. The first-order valence-electron chi connectivity index (χ1n) is 4.37.